The van der Waals surface area contributed by atoms with Gasteiger partial charge in [-0.1, -0.05) is 134 Å². The van der Waals surface area contributed by atoms with Crippen molar-refractivity contribution in [1.82, 2.24) is 5.06 Å². The van der Waals surface area contributed by atoms with E-state index in [0.717, 1.165) is 32.1 Å². The molecule has 1 radical (unpaired) electrons. The summed E-state index contributed by atoms with van der Waals surface area (Å²) in [5.41, 5.74) is 1.70. The lowest BCUT2D eigenvalue weighted by atomic mass is 9.80. The first kappa shape index (κ1) is 37.7. The zero-order valence-electron chi connectivity index (χ0n) is 30.6. The number of hydroxylamine groups is 2. The minimum Gasteiger partial charge on any atom is -0.462 e. The van der Waals surface area contributed by atoms with E-state index in [1.807, 2.05) is 27.7 Å². The van der Waals surface area contributed by atoms with Crippen LogP contribution in [-0.2, 0) is 14.7 Å². The molecular weight excluding hydrogens is 633 g/mol. The van der Waals surface area contributed by atoms with Crippen LogP contribution in [-0.4, -0.2) is 28.2 Å². The zero-order chi connectivity index (χ0) is 35.6. The molecule has 2 atom stereocenters. The Labute approximate surface area is 302 Å². The Morgan fingerprint density at radius 1 is 0.740 bits per heavy atom. The third-order valence-electron chi connectivity index (χ3n) is 10.2. The van der Waals surface area contributed by atoms with Gasteiger partial charge in [-0.05, 0) is 107 Å². The van der Waals surface area contributed by atoms with Gasteiger partial charge in [0.15, 0.2) is 0 Å². The van der Waals surface area contributed by atoms with E-state index < -0.39 is 19.0 Å². The van der Waals surface area contributed by atoms with Gasteiger partial charge in [-0.2, -0.15) is 0 Å². The number of ether oxygens (including phenoxy) is 1. The van der Waals surface area contributed by atoms with Gasteiger partial charge in [-0.25, -0.2) is 0 Å². The summed E-state index contributed by atoms with van der Waals surface area (Å²) in [5, 5.41) is 17.9. The fourth-order valence-electron chi connectivity index (χ4n) is 7.71. The topological polar surface area (TPSA) is 49.4 Å². The SMILES string of the molecule is CCC(CC(C/C=C/CCCC(=O)OC1CC(C)(C)N([O])C(C)(C)C1)c1ccccc1)c1ccc(P(c2ccccc2)c2ccccc2)cc1. The van der Waals surface area contributed by atoms with Crippen molar-refractivity contribution in [2.24, 2.45) is 0 Å². The summed E-state index contributed by atoms with van der Waals surface area (Å²) < 4.78 is 5.85. The maximum atomic E-state index is 12.7. The Kier molecular flexibility index (Phi) is 13.3. The van der Waals surface area contributed by atoms with Crippen LogP contribution >= 0.6 is 7.92 Å². The molecule has 0 saturated carbocycles. The number of allylic oxidation sites excluding steroid dienone is 2. The number of piperidine rings is 1. The summed E-state index contributed by atoms with van der Waals surface area (Å²) in [4.78, 5) is 12.7. The van der Waals surface area contributed by atoms with Gasteiger partial charge < -0.3 is 4.74 Å². The Hall–Kier alpha value is -3.56. The molecule has 0 amide bonds. The lowest BCUT2D eigenvalue weighted by Crippen LogP contribution is -2.60. The van der Waals surface area contributed by atoms with Crippen molar-refractivity contribution in [2.75, 3.05) is 0 Å². The number of unbranched alkanes of at least 4 members (excludes halogenated alkanes) is 1. The highest BCUT2D eigenvalue weighted by Crippen LogP contribution is 2.39. The average molecular weight is 689 g/mol. The summed E-state index contributed by atoms with van der Waals surface area (Å²) >= 11 is 0. The van der Waals surface area contributed by atoms with Gasteiger partial charge >= 0.3 is 5.97 Å². The largest absolute Gasteiger partial charge is 0.462 e. The molecule has 50 heavy (non-hydrogen) atoms. The standard InChI is InChI=1S/C45H55NO3P/c1-6-35(37-28-30-42(31-29-37)50(40-23-15-10-16-24-40)41-25-17-11-18-26-41)32-38(36-20-13-9-14-21-36)22-12-7-8-19-27-43(47)49-39-33-44(2,3)46(48)45(4,5)34-39/h7,9-18,20-21,23-26,28-31,35,38-39H,6,8,19,22,27,32-34H2,1-5H3/b12-7+. The summed E-state index contributed by atoms with van der Waals surface area (Å²) in [6.45, 7) is 10.0. The van der Waals surface area contributed by atoms with E-state index in [1.165, 1.54) is 32.1 Å². The van der Waals surface area contributed by atoms with Crippen LogP contribution in [0.5, 0.6) is 0 Å². The number of benzene rings is 4. The number of carbonyl (C=O) groups excluding carboxylic acids is 1. The number of esters is 1. The molecule has 263 valence electrons. The van der Waals surface area contributed by atoms with Crippen molar-refractivity contribution in [3.63, 3.8) is 0 Å². The maximum absolute atomic E-state index is 12.7. The first-order chi connectivity index (χ1) is 24.1. The van der Waals surface area contributed by atoms with E-state index in [-0.39, 0.29) is 12.1 Å². The van der Waals surface area contributed by atoms with Crippen molar-refractivity contribution in [3.05, 3.63) is 139 Å². The monoisotopic (exact) mass is 688 g/mol. The number of rotatable bonds is 15. The highest BCUT2D eigenvalue weighted by atomic mass is 31.1. The van der Waals surface area contributed by atoms with E-state index in [4.69, 9.17) is 4.74 Å². The van der Waals surface area contributed by atoms with Crippen LogP contribution < -0.4 is 15.9 Å². The summed E-state index contributed by atoms with van der Waals surface area (Å²) in [6, 6.07) is 42.2. The second-order valence-electron chi connectivity index (χ2n) is 15.1. The molecule has 1 saturated heterocycles. The summed E-state index contributed by atoms with van der Waals surface area (Å²) in [6.07, 6.45) is 10.6. The third kappa shape index (κ3) is 10.0. The second-order valence-corrected chi connectivity index (χ2v) is 17.3. The predicted molar refractivity (Wildman–Crippen MR) is 209 cm³/mol. The highest BCUT2D eigenvalue weighted by Gasteiger charge is 2.47. The molecule has 1 aliphatic rings. The van der Waals surface area contributed by atoms with E-state index in [0.29, 0.717) is 31.1 Å². The molecule has 0 aliphatic carbocycles. The van der Waals surface area contributed by atoms with E-state index in [1.54, 1.807) is 0 Å². The van der Waals surface area contributed by atoms with E-state index in [9.17, 15) is 10.0 Å². The Morgan fingerprint density at radius 2 is 1.24 bits per heavy atom. The van der Waals surface area contributed by atoms with Crippen LogP contribution in [0.2, 0.25) is 0 Å². The van der Waals surface area contributed by atoms with Gasteiger partial charge in [0.2, 0.25) is 0 Å². The van der Waals surface area contributed by atoms with Gasteiger partial charge in [0.25, 0.3) is 0 Å². The molecule has 5 heteroatoms. The lowest BCUT2D eigenvalue weighted by Gasteiger charge is -2.49. The van der Waals surface area contributed by atoms with Crippen LogP contribution in [0.1, 0.15) is 109 Å². The van der Waals surface area contributed by atoms with E-state index >= 15 is 0 Å². The molecule has 0 bridgehead atoms. The zero-order valence-corrected chi connectivity index (χ0v) is 31.5. The van der Waals surface area contributed by atoms with Gasteiger partial charge in [0.1, 0.15) is 6.10 Å². The van der Waals surface area contributed by atoms with Gasteiger partial charge in [0.05, 0.1) is 0 Å². The van der Waals surface area contributed by atoms with Crippen molar-refractivity contribution in [3.8, 4) is 0 Å². The van der Waals surface area contributed by atoms with Gasteiger partial charge in [-0.15, -0.1) is 10.3 Å². The molecule has 0 aromatic heterocycles. The first-order valence-electron chi connectivity index (χ1n) is 18.4. The Bertz CT molecular complexity index is 1580. The molecule has 4 nitrogen and oxygen atoms in total. The van der Waals surface area contributed by atoms with Gasteiger partial charge in [-0.3, -0.25) is 4.79 Å². The number of hydrogen-bond acceptors (Lipinski definition) is 3. The van der Waals surface area contributed by atoms with Crippen LogP contribution in [0.4, 0.5) is 0 Å². The van der Waals surface area contributed by atoms with Gasteiger partial charge in [0, 0.05) is 30.3 Å². The Morgan fingerprint density at radius 3 is 1.78 bits per heavy atom. The smallest absolute Gasteiger partial charge is 0.306 e. The molecule has 1 aliphatic heterocycles. The molecular formula is C45H55NO3P. The number of hydrogen-bond donors (Lipinski definition) is 0. The number of carbonyl (C=O) groups is 1. The normalized spacial score (nSPS) is 17.5. The molecule has 1 fully saturated rings. The average Bonchev–Trinajstić information content (AvgIpc) is 3.11. The van der Waals surface area contributed by atoms with Crippen LogP contribution in [0.25, 0.3) is 0 Å². The molecule has 5 rings (SSSR count). The van der Waals surface area contributed by atoms with Crippen molar-refractivity contribution in [1.29, 1.82) is 0 Å². The molecule has 4 aromatic rings. The van der Waals surface area contributed by atoms with Crippen LogP contribution in [0.15, 0.2) is 127 Å². The highest BCUT2D eigenvalue weighted by molar-refractivity contribution is 7.79. The first-order valence-corrected chi connectivity index (χ1v) is 19.8. The van der Waals surface area contributed by atoms with Crippen molar-refractivity contribution < 1.29 is 14.7 Å². The predicted octanol–water partition coefficient (Wildman–Crippen LogP) is 10.1. The fourth-order valence-corrected chi connectivity index (χ4v) is 10.00. The number of nitrogens with zero attached hydrogens (tertiary/aromatic N) is 1. The van der Waals surface area contributed by atoms with Crippen molar-refractivity contribution in [2.45, 2.75) is 115 Å². The fraction of sp³-hybridized carbons (Fsp3) is 0.400. The van der Waals surface area contributed by atoms with E-state index in [2.05, 4.69) is 134 Å². The molecule has 1 heterocycles. The quantitative estimate of drug-likeness (QED) is 0.0541. The lowest BCUT2D eigenvalue weighted by molar-refractivity contribution is -0.299. The maximum Gasteiger partial charge on any atom is 0.306 e. The van der Waals surface area contributed by atoms with Crippen molar-refractivity contribution >= 4 is 29.8 Å². The molecule has 0 spiro atoms. The Balaban J connectivity index is 1.18. The minimum absolute atomic E-state index is 0.159. The molecule has 4 aromatic carbocycles. The second kappa shape index (κ2) is 17.6. The molecule has 2 unspecified atom stereocenters. The summed E-state index contributed by atoms with van der Waals surface area (Å²) in [7, 11) is -0.618. The molecule has 0 N–H and O–H groups in total. The van der Waals surface area contributed by atoms with Crippen LogP contribution in [0, 0.1) is 0 Å². The van der Waals surface area contributed by atoms with Crippen LogP contribution in [0.3, 0.4) is 0 Å². The summed E-state index contributed by atoms with van der Waals surface area (Å²) in [5.74, 6) is 0.709. The minimum atomic E-state index is -0.618. The third-order valence-corrected chi connectivity index (χ3v) is 12.6.